The third-order valence-corrected chi connectivity index (χ3v) is 3.05. The number of aliphatic hydroxyl groups is 1. The van der Waals surface area contributed by atoms with Crippen LogP contribution in [0.15, 0.2) is 30.3 Å². The van der Waals surface area contributed by atoms with Gasteiger partial charge in [-0.2, -0.15) is 0 Å². The molecule has 0 heterocycles. The Bertz CT molecular complexity index is 463. The van der Waals surface area contributed by atoms with E-state index in [0.29, 0.717) is 13.0 Å². The van der Waals surface area contributed by atoms with E-state index in [1.165, 1.54) is 6.08 Å². The summed E-state index contributed by atoms with van der Waals surface area (Å²) in [4.78, 5) is 11.7. The molecule has 0 aliphatic carbocycles. The molecule has 0 fully saturated rings. The zero-order valence-corrected chi connectivity index (χ0v) is 13.1. The van der Waals surface area contributed by atoms with Crippen LogP contribution in [0.4, 0.5) is 0 Å². The largest absolute Gasteiger partial charge is 0.494 e. The first-order chi connectivity index (χ1) is 9.96. The minimum Gasteiger partial charge on any atom is -0.494 e. The normalized spacial score (nSPS) is 13.9. The van der Waals surface area contributed by atoms with Crippen molar-refractivity contribution in [3.8, 4) is 5.75 Å². The van der Waals surface area contributed by atoms with E-state index in [1.54, 1.807) is 13.0 Å². The topological polar surface area (TPSA) is 58.6 Å². The van der Waals surface area contributed by atoms with Gasteiger partial charge in [-0.15, -0.1) is 0 Å². The predicted molar refractivity (Wildman–Crippen MR) is 85.2 cm³/mol. The van der Waals surface area contributed by atoms with Gasteiger partial charge < -0.3 is 15.2 Å². The quantitative estimate of drug-likeness (QED) is 0.724. The van der Waals surface area contributed by atoms with E-state index in [0.717, 1.165) is 17.7 Å². The third kappa shape index (κ3) is 6.95. The van der Waals surface area contributed by atoms with E-state index in [2.05, 4.69) is 5.32 Å². The molecule has 0 aromatic heterocycles. The van der Waals surface area contributed by atoms with E-state index < -0.39 is 5.60 Å². The molecule has 21 heavy (non-hydrogen) atoms. The number of hydrogen-bond donors (Lipinski definition) is 2. The van der Waals surface area contributed by atoms with Crippen molar-refractivity contribution in [2.45, 2.75) is 39.2 Å². The number of rotatable bonds is 8. The molecule has 4 nitrogen and oxygen atoms in total. The predicted octanol–water partition coefficient (Wildman–Crippen LogP) is 2.77. The number of hydrogen-bond acceptors (Lipinski definition) is 3. The van der Waals surface area contributed by atoms with Crippen LogP contribution >= 0.6 is 0 Å². The van der Waals surface area contributed by atoms with Gasteiger partial charge in [-0.05, 0) is 44.0 Å². The Morgan fingerprint density at radius 1 is 1.33 bits per heavy atom. The summed E-state index contributed by atoms with van der Waals surface area (Å²) in [7, 11) is 0. The van der Waals surface area contributed by atoms with Gasteiger partial charge in [-0.3, -0.25) is 4.79 Å². The van der Waals surface area contributed by atoms with E-state index in [1.807, 2.05) is 38.1 Å². The van der Waals surface area contributed by atoms with Crippen LogP contribution in [-0.4, -0.2) is 29.8 Å². The fraction of sp³-hybridized carbons (Fsp3) is 0.471. The van der Waals surface area contributed by atoms with Crippen LogP contribution < -0.4 is 10.1 Å². The first-order valence-corrected chi connectivity index (χ1v) is 7.38. The maximum atomic E-state index is 11.7. The van der Waals surface area contributed by atoms with E-state index in [9.17, 15) is 9.90 Å². The Labute approximate surface area is 126 Å². The Morgan fingerprint density at radius 3 is 2.57 bits per heavy atom. The monoisotopic (exact) mass is 291 g/mol. The highest BCUT2D eigenvalue weighted by Gasteiger charge is 2.18. The maximum absolute atomic E-state index is 11.7. The van der Waals surface area contributed by atoms with Gasteiger partial charge in [-0.1, -0.05) is 25.5 Å². The van der Waals surface area contributed by atoms with Gasteiger partial charge in [0.1, 0.15) is 5.75 Å². The highest BCUT2D eigenvalue weighted by atomic mass is 16.5. The first-order valence-electron chi connectivity index (χ1n) is 7.38. The molecule has 116 valence electrons. The summed E-state index contributed by atoms with van der Waals surface area (Å²) >= 11 is 0. The van der Waals surface area contributed by atoms with Gasteiger partial charge in [0.25, 0.3) is 0 Å². The molecule has 0 bridgehead atoms. The van der Waals surface area contributed by atoms with E-state index in [4.69, 9.17) is 4.74 Å². The second kappa shape index (κ2) is 8.47. The lowest BCUT2D eigenvalue weighted by Gasteiger charge is -2.22. The number of carbonyl (C=O) groups excluding carboxylic acids is 1. The molecule has 0 radical (unpaired) electrons. The van der Waals surface area contributed by atoms with Crippen LogP contribution in [-0.2, 0) is 4.79 Å². The average Bonchev–Trinajstić information content (AvgIpc) is 2.45. The molecule has 0 saturated heterocycles. The van der Waals surface area contributed by atoms with Crippen molar-refractivity contribution in [3.63, 3.8) is 0 Å². The molecule has 0 aliphatic rings. The summed E-state index contributed by atoms with van der Waals surface area (Å²) in [6.45, 7) is 6.56. The minimum absolute atomic E-state index is 0.208. The van der Waals surface area contributed by atoms with Crippen LogP contribution in [0.1, 0.15) is 39.2 Å². The summed E-state index contributed by atoms with van der Waals surface area (Å²) in [5.41, 5.74) is 0.0751. The van der Waals surface area contributed by atoms with Crippen molar-refractivity contribution in [2.75, 3.05) is 13.2 Å². The van der Waals surface area contributed by atoms with Gasteiger partial charge in [0.05, 0.1) is 12.2 Å². The van der Waals surface area contributed by atoms with E-state index in [-0.39, 0.29) is 12.5 Å². The molecule has 0 spiro atoms. The van der Waals surface area contributed by atoms with Gasteiger partial charge in [0.15, 0.2) is 0 Å². The minimum atomic E-state index is -0.850. The summed E-state index contributed by atoms with van der Waals surface area (Å²) in [6, 6.07) is 7.52. The molecule has 0 saturated carbocycles. The molecular formula is C17H25NO3. The van der Waals surface area contributed by atoms with Crippen molar-refractivity contribution in [3.05, 3.63) is 35.9 Å². The molecule has 1 unspecified atom stereocenters. The third-order valence-electron chi connectivity index (χ3n) is 3.05. The molecule has 1 amide bonds. The number of amides is 1. The zero-order valence-electron chi connectivity index (χ0n) is 13.1. The smallest absolute Gasteiger partial charge is 0.244 e. The first kappa shape index (κ1) is 17.2. The Kier molecular flexibility index (Phi) is 6.96. The van der Waals surface area contributed by atoms with Crippen LogP contribution in [0.25, 0.3) is 6.08 Å². The molecule has 4 heteroatoms. The van der Waals surface area contributed by atoms with Gasteiger partial charge >= 0.3 is 0 Å². The van der Waals surface area contributed by atoms with Crippen molar-refractivity contribution >= 4 is 12.0 Å². The second-order valence-corrected chi connectivity index (χ2v) is 5.30. The lowest BCUT2D eigenvalue weighted by molar-refractivity contribution is -0.117. The Morgan fingerprint density at radius 2 is 2.00 bits per heavy atom. The molecule has 1 aromatic rings. The summed E-state index contributed by atoms with van der Waals surface area (Å²) in [5.74, 6) is 0.606. The van der Waals surface area contributed by atoms with Crippen LogP contribution in [0, 0.1) is 0 Å². The van der Waals surface area contributed by atoms with Gasteiger partial charge in [0.2, 0.25) is 5.91 Å². The average molecular weight is 291 g/mol. The number of carbonyl (C=O) groups is 1. The summed E-state index contributed by atoms with van der Waals surface area (Å²) in [5, 5.41) is 12.7. The van der Waals surface area contributed by atoms with Crippen molar-refractivity contribution in [2.24, 2.45) is 0 Å². The number of nitrogens with one attached hydrogen (secondary N) is 1. The highest BCUT2D eigenvalue weighted by Crippen LogP contribution is 2.13. The van der Waals surface area contributed by atoms with Crippen LogP contribution in [0.5, 0.6) is 5.75 Å². The van der Waals surface area contributed by atoms with Crippen molar-refractivity contribution in [1.82, 2.24) is 5.32 Å². The lowest BCUT2D eigenvalue weighted by atomic mass is 10.0. The zero-order chi connectivity index (χ0) is 15.7. The SMILES string of the molecule is CCCC(C)(O)CNC(=O)/C=C/c1ccc(OCC)cc1. The van der Waals surface area contributed by atoms with Gasteiger partial charge in [0, 0.05) is 12.6 Å². The Hall–Kier alpha value is -1.81. The number of ether oxygens (including phenoxy) is 1. The molecule has 0 aliphatic heterocycles. The van der Waals surface area contributed by atoms with Crippen LogP contribution in [0.2, 0.25) is 0 Å². The summed E-state index contributed by atoms with van der Waals surface area (Å²) < 4.78 is 5.35. The lowest BCUT2D eigenvalue weighted by Crippen LogP contribution is -2.39. The van der Waals surface area contributed by atoms with Crippen molar-refractivity contribution in [1.29, 1.82) is 0 Å². The van der Waals surface area contributed by atoms with E-state index >= 15 is 0 Å². The second-order valence-electron chi connectivity index (χ2n) is 5.30. The molecule has 1 rings (SSSR count). The standard InChI is InChI=1S/C17H25NO3/c1-4-12-17(3,20)13-18-16(19)11-8-14-6-9-15(10-7-14)21-5-2/h6-11,20H,4-5,12-13H2,1-3H3,(H,18,19)/b11-8+. The molecule has 1 atom stereocenters. The number of benzene rings is 1. The molecular weight excluding hydrogens is 266 g/mol. The Balaban J connectivity index is 2.46. The molecule has 1 aromatic carbocycles. The van der Waals surface area contributed by atoms with Crippen LogP contribution in [0.3, 0.4) is 0 Å². The summed E-state index contributed by atoms with van der Waals surface area (Å²) in [6.07, 6.45) is 4.75. The highest BCUT2D eigenvalue weighted by molar-refractivity contribution is 5.91. The van der Waals surface area contributed by atoms with Crippen molar-refractivity contribution < 1.29 is 14.6 Å². The fourth-order valence-electron chi connectivity index (χ4n) is 1.98. The molecule has 2 N–H and O–H groups in total. The van der Waals surface area contributed by atoms with Gasteiger partial charge in [-0.25, -0.2) is 0 Å². The maximum Gasteiger partial charge on any atom is 0.244 e. The fourth-order valence-corrected chi connectivity index (χ4v) is 1.98.